The maximum Gasteiger partial charge on any atom is 0.146 e. The number of nitrogens with one attached hydrogen (secondary N) is 1. The Labute approximate surface area is 125 Å². The molecule has 1 atom stereocenters. The van der Waals surface area contributed by atoms with Gasteiger partial charge in [-0.05, 0) is 36.8 Å². The molecule has 0 saturated heterocycles. The molecule has 0 aliphatic heterocycles. The summed E-state index contributed by atoms with van der Waals surface area (Å²) >= 11 is 0. The number of hydrogen-bond acceptors (Lipinski definition) is 3. The van der Waals surface area contributed by atoms with Crippen LogP contribution in [0, 0.1) is 5.82 Å². The van der Waals surface area contributed by atoms with E-state index in [2.05, 4.69) is 5.32 Å². The summed E-state index contributed by atoms with van der Waals surface area (Å²) in [6.07, 6.45) is 0. The van der Waals surface area contributed by atoms with Gasteiger partial charge in [-0.3, -0.25) is 0 Å². The average Bonchev–Trinajstić information content (AvgIpc) is 2.49. The summed E-state index contributed by atoms with van der Waals surface area (Å²) < 4.78 is 13.8. The third-order valence-corrected chi connectivity index (χ3v) is 3.62. The molecule has 2 aromatic rings. The van der Waals surface area contributed by atoms with Gasteiger partial charge >= 0.3 is 0 Å². The van der Waals surface area contributed by atoms with Crippen LogP contribution >= 0.6 is 0 Å². The second-order valence-electron chi connectivity index (χ2n) is 5.54. The first-order chi connectivity index (χ1) is 9.96. The van der Waals surface area contributed by atoms with Crippen molar-refractivity contribution >= 4 is 11.4 Å². The van der Waals surface area contributed by atoms with Gasteiger partial charge in [0, 0.05) is 19.8 Å². The molecule has 2 aromatic carbocycles. The molecule has 112 valence electrons. The van der Waals surface area contributed by atoms with Crippen molar-refractivity contribution in [3.8, 4) is 0 Å². The Morgan fingerprint density at radius 2 is 1.71 bits per heavy atom. The van der Waals surface area contributed by atoms with Crippen LogP contribution < -0.4 is 10.2 Å². The smallest absolute Gasteiger partial charge is 0.146 e. The van der Waals surface area contributed by atoms with Gasteiger partial charge in [0.2, 0.25) is 0 Å². The molecular weight excluding hydrogens is 267 g/mol. The number of benzene rings is 2. The summed E-state index contributed by atoms with van der Waals surface area (Å²) in [6.45, 7) is 1.72. The predicted molar refractivity (Wildman–Crippen MR) is 85.2 cm³/mol. The van der Waals surface area contributed by atoms with Gasteiger partial charge in [0.25, 0.3) is 0 Å². The highest BCUT2D eigenvalue weighted by Crippen LogP contribution is 2.28. The van der Waals surface area contributed by atoms with Crippen LogP contribution in [-0.4, -0.2) is 25.8 Å². The van der Waals surface area contributed by atoms with Crippen LogP contribution in [-0.2, 0) is 5.54 Å². The summed E-state index contributed by atoms with van der Waals surface area (Å²) in [5.41, 5.74) is 1.61. The SMILES string of the molecule is CN(C)c1ccc(C(C)(CO)Nc2ccccc2F)cc1. The predicted octanol–water partition coefficient (Wildman–Crippen LogP) is 3.21. The van der Waals surface area contributed by atoms with Gasteiger partial charge in [-0.25, -0.2) is 4.39 Å². The molecule has 0 bridgehead atoms. The number of anilines is 2. The molecular formula is C17H21FN2O. The van der Waals surface area contributed by atoms with Crippen molar-refractivity contribution in [3.05, 3.63) is 59.9 Å². The van der Waals surface area contributed by atoms with Crippen LogP contribution in [0.5, 0.6) is 0 Å². The fourth-order valence-corrected chi connectivity index (χ4v) is 2.19. The van der Waals surface area contributed by atoms with Crippen molar-refractivity contribution in [2.45, 2.75) is 12.5 Å². The van der Waals surface area contributed by atoms with Crippen molar-refractivity contribution < 1.29 is 9.50 Å². The third-order valence-electron chi connectivity index (χ3n) is 3.62. The second kappa shape index (κ2) is 6.14. The molecule has 0 spiro atoms. The lowest BCUT2D eigenvalue weighted by Gasteiger charge is -2.31. The molecule has 0 saturated carbocycles. The largest absolute Gasteiger partial charge is 0.394 e. The molecule has 0 aliphatic rings. The highest BCUT2D eigenvalue weighted by molar-refractivity contribution is 5.52. The third kappa shape index (κ3) is 3.34. The van der Waals surface area contributed by atoms with E-state index in [-0.39, 0.29) is 12.4 Å². The zero-order valence-corrected chi connectivity index (χ0v) is 12.6. The Balaban J connectivity index is 2.30. The van der Waals surface area contributed by atoms with Gasteiger partial charge in [-0.15, -0.1) is 0 Å². The Morgan fingerprint density at radius 1 is 1.10 bits per heavy atom. The first-order valence-corrected chi connectivity index (χ1v) is 6.88. The van der Waals surface area contributed by atoms with Crippen LogP contribution in [0.3, 0.4) is 0 Å². The maximum absolute atomic E-state index is 13.8. The minimum absolute atomic E-state index is 0.136. The highest BCUT2D eigenvalue weighted by atomic mass is 19.1. The van der Waals surface area contributed by atoms with Gasteiger partial charge in [-0.2, -0.15) is 0 Å². The van der Waals surface area contributed by atoms with E-state index < -0.39 is 5.54 Å². The van der Waals surface area contributed by atoms with E-state index in [1.54, 1.807) is 18.2 Å². The van der Waals surface area contributed by atoms with Crippen LogP contribution in [0.4, 0.5) is 15.8 Å². The van der Waals surface area contributed by atoms with E-state index in [0.29, 0.717) is 5.69 Å². The zero-order valence-electron chi connectivity index (χ0n) is 12.6. The highest BCUT2D eigenvalue weighted by Gasteiger charge is 2.26. The van der Waals surface area contributed by atoms with E-state index in [1.807, 2.05) is 50.2 Å². The number of hydrogen-bond donors (Lipinski definition) is 2. The number of aliphatic hydroxyl groups is 1. The van der Waals surface area contributed by atoms with Gasteiger partial charge in [0.15, 0.2) is 0 Å². The molecule has 0 fully saturated rings. The van der Waals surface area contributed by atoms with Gasteiger partial charge in [0.1, 0.15) is 5.82 Å². The van der Waals surface area contributed by atoms with Crippen LogP contribution in [0.2, 0.25) is 0 Å². The summed E-state index contributed by atoms with van der Waals surface area (Å²) in [7, 11) is 3.94. The molecule has 2 rings (SSSR count). The van der Waals surface area contributed by atoms with Crippen molar-refractivity contribution in [2.24, 2.45) is 0 Å². The van der Waals surface area contributed by atoms with E-state index in [9.17, 15) is 9.50 Å². The number of aliphatic hydroxyl groups excluding tert-OH is 1. The monoisotopic (exact) mass is 288 g/mol. The van der Waals surface area contributed by atoms with Crippen molar-refractivity contribution in [1.82, 2.24) is 0 Å². The van der Waals surface area contributed by atoms with Crippen molar-refractivity contribution in [3.63, 3.8) is 0 Å². The maximum atomic E-state index is 13.8. The Hall–Kier alpha value is -2.07. The topological polar surface area (TPSA) is 35.5 Å². The molecule has 0 aromatic heterocycles. The molecule has 0 aliphatic carbocycles. The van der Waals surface area contributed by atoms with Gasteiger partial charge in [0.05, 0.1) is 17.8 Å². The Kier molecular flexibility index (Phi) is 4.48. The van der Waals surface area contributed by atoms with Crippen molar-refractivity contribution in [2.75, 3.05) is 30.9 Å². The Morgan fingerprint density at radius 3 is 2.24 bits per heavy atom. The quantitative estimate of drug-likeness (QED) is 0.887. The number of nitrogens with zero attached hydrogens (tertiary/aromatic N) is 1. The molecule has 3 nitrogen and oxygen atoms in total. The van der Waals surface area contributed by atoms with E-state index in [4.69, 9.17) is 0 Å². The normalized spacial score (nSPS) is 13.6. The van der Waals surface area contributed by atoms with Crippen molar-refractivity contribution in [1.29, 1.82) is 0 Å². The standard InChI is InChI=1S/C17H21FN2O/c1-17(12-21,19-16-7-5-4-6-15(16)18)13-8-10-14(11-9-13)20(2)3/h4-11,19,21H,12H2,1-3H3. The molecule has 4 heteroatoms. The van der Waals surface area contributed by atoms with E-state index >= 15 is 0 Å². The minimum Gasteiger partial charge on any atom is -0.394 e. The summed E-state index contributed by atoms with van der Waals surface area (Å²) in [4.78, 5) is 2.00. The fraction of sp³-hybridized carbons (Fsp3) is 0.294. The summed E-state index contributed by atoms with van der Waals surface area (Å²) in [5, 5.41) is 12.9. The molecule has 0 amide bonds. The summed E-state index contributed by atoms with van der Waals surface area (Å²) in [5.74, 6) is -0.331. The van der Waals surface area contributed by atoms with Crippen LogP contribution in [0.25, 0.3) is 0 Å². The average molecular weight is 288 g/mol. The second-order valence-corrected chi connectivity index (χ2v) is 5.54. The lowest BCUT2D eigenvalue weighted by Crippen LogP contribution is -2.36. The first-order valence-electron chi connectivity index (χ1n) is 6.88. The molecule has 2 N–H and O–H groups in total. The molecule has 21 heavy (non-hydrogen) atoms. The lowest BCUT2D eigenvalue weighted by atomic mass is 9.92. The van der Waals surface area contributed by atoms with E-state index in [1.165, 1.54) is 6.07 Å². The summed E-state index contributed by atoms with van der Waals surface area (Å²) in [6, 6.07) is 14.3. The molecule has 0 radical (unpaired) electrons. The molecule has 1 unspecified atom stereocenters. The van der Waals surface area contributed by atoms with Crippen LogP contribution in [0.15, 0.2) is 48.5 Å². The van der Waals surface area contributed by atoms with Gasteiger partial charge in [-0.1, -0.05) is 24.3 Å². The van der Waals surface area contributed by atoms with Gasteiger partial charge < -0.3 is 15.3 Å². The zero-order chi connectivity index (χ0) is 15.5. The number of rotatable bonds is 5. The fourth-order valence-electron chi connectivity index (χ4n) is 2.19. The number of halogens is 1. The number of para-hydroxylation sites is 1. The van der Waals surface area contributed by atoms with Crippen LogP contribution in [0.1, 0.15) is 12.5 Å². The lowest BCUT2D eigenvalue weighted by molar-refractivity contribution is 0.223. The van der Waals surface area contributed by atoms with E-state index in [0.717, 1.165) is 11.3 Å². The first kappa shape index (κ1) is 15.3. The molecule has 0 heterocycles. The minimum atomic E-state index is -0.743. The Bertz CT molecular complexity index is 598.